The molecule has 0 radical (unpaired) electrons. The average molecular weight is 475 g/mol. The molecule has 5 nitrogen and oxygen atoms in total. The third-order valence-corrected chi connectivity index (χ3v) is 3.84. The Morgan fingerprint density at radius 2 is 2.08 bits per heavy atom. The van der Waals surface area contributed by atoms with Crippen molar-refractivity contribution in [3.8, 4) is 11.5 Å². The standard InChI is InChI=1S/C18H19F2N3O2.HI/c19-17(20)25-13-5-3-4-12(10-13)11-22-18(21)23-15-8-9-24-16-7-2-1-6-14(15)16;/h1-7,10,15,17H,8-9,11H2,(H3,21,22,23);1H. The summed E-state index contributed by atoms with van der Waals surface area (Å²) in [5.74, 6) is 1.24. The van der Waals surface area contributed by atoms with Crippen LogP contribution in [0, 0.1) is 0 Å². The average Bonchev–Trinajstić information content (AvgIpc) is 2.60. The summed E-state index contributed by atoms with van der Waals surface area (Å²) in [6, 6.07) is 14.2. The number of hydrogen-bond acceptors (Lipinski definition) is 3. The van der Waals surface area contributed by atoms with E-state index in [1.807, 2.05) is 24.3 Å². The number of fused-ring (bicyclic) bond motifs is 1. The third-order valence-electron chi connectivity index (χ3n) is 3.84. The molecule has 8 heteroatoms. The number of ether oxygens (including phenoxy) is 2. The zero-order valence-electron chi connectivity index (χ0n) is 13.9. The molecule has 0 spiro atoms. The Hall–Kier alpha value is -2.10. The molecule has 0 bridgehead atoms. The van der Waals surface area contributed by atoms with Gasteiger partial charge in [0.05, 0.1) is 19.2 Å². The van der Waals surface area contributed by atoms with E-state index in [1.54, 1.807) is 12.1 Å². The predicted molar refractivity (Wildman–Crippen MR) is 106 cm³/mol. The smallest absolute Gasteiger partial charge is 0.387 e. The van der Waals surface area contributed by atoms with Crippen LogP contribution < -0.4 is 20.5 Å². The van der Waals surface area contributed by atoms with Crippen molar-refractivity contribution in [2.45, 2.75) is 25.6 Å². The van der Waals surface area contributed by atoms with Gasteiger partial charge in [-0.05, 0) is 23.8 Å². The first-order valence-electron chi connectivity index (χ1n) is 7.94. The van der Waals surface area contributed by atoms with Gasteiger partial charge in [0.15, 0.2) is 5.96 Å². The third kappa shape index (κ3) is 5.45. The Kier molecular flexibility index (Phi) is 7.43. The maximum atomic E-state index is 12.3. The fourth-order valence-electron chi connectivity index (χ4n) is 2.71. The van der Waals surface area contributed by atoms with Gasteiger partial charge in [-0.1, -0.05) is 30.3 Å². The van der Waals surface area contributed by atoms with Crippen molar-refractivity contribution >= 4 is 29.9 Å². The highest BCUT2D eigenvalue weighted by molar-refractivity contribution is 14.0. The second kappa shape index (κ2) is 9.56. The van der Waals surface area contributed by atoms with Crippen LogP contribution in [0.2, 0.25) is 0 Å². The lowest BCUT2D eigenvalue weighted by Gasteiger charge is -2.26. The Morgan fingerprint density at radius 3 is 2.88 bits per heavy atom. The molecule has 0 aromatic heterocycles. The van der Waals surface area contributed by atoms with Crippen molar-refractivity contribution in [3.05, 3.63) is 59.7 Å². The SMILES string of the molecule is I.NC(=NCc1cccc(OC(F)F)c1)NC1CCOc2ccccc21. The van der Waals surface area contributed by atoms with Crippen LogP contribution >= 0.6 is 24.0 Å². The lowest BCUT2D eigenvalue weighted by molar-refractivity contribution is -0.0498. The maximum absolute atomic E-state index is 12.3. The molecular weight excluding hydrogens is 455 g/mol. The molecule has 26 heavy (non-hydrogen) atoms. The lowest BCUT2D eigenvalue weighted by Crippen LogP contribution is -2.37. The molecule has 0 aliphatic carbocycles. The maximum Gasteiger partial charge on any atom is 0.387 e. The molecule has 1 unspecified atom stereocenters. The number of nitrogens with two attached hydrogens (primary N) is 1. The van der Waals surface area contributed by atoms with Gasteiger partial charge in [-0.3, -0.25) is 0 Å². The van der Waals surface area contributed by atoms with Crippen LogP contribution in [0.1, 0.15) is 23.6 Å². The van der Waals surface area contributed by atoms with E-state index >= 15 is 0 Å². The van der Waals surface area contributed by atoms with Gasteiger partial charge < -0.3 is 20.5 Å². The van der Waals surface area contributed by atoms with E-state index in [0.717, 1.165) is 23.3 Å². The van der Waals surface area contributed by atoms with E-state index < -0.39 is 6.61 Å². The predicted octanol–water partition coefficient (Wildman–Crippen LogP) is 3.83. The summed E-state index contributed by atoms with van der Waals surface area (Å²) < 4.78 is 34.5. The number of para-hydroxylation sites is 1. The molecule has 0 saturated carbocycles. The van der Waals surface area contributed by atoms with E-state index in [1.165, 1.54) is 12.1 Å². The van der Waals surface area contributed by atoms with Crippen LogP contribution in [-0.4, -0.2) is 19.2 Å². The summed E-state index contributed by atoms with van der Waals surface area (Å²) in [4.78, 5) is 4.28. The highest BCUT2D eigenvalue weighted by Gasteiger charge is 2.21. The van der Waals surface area contributed by atoms with Crippen LogP contribution in [0.3, 0.4) is 0 Å². The van der Waals surface area contributed by atoms with Crippen LogP contribution in [0.4, 0.5) is 8.78 Å². The molecule has 2 aromatic carbocycles. The second-order valence-electron chi connectivity index (χ2n) is 5.60. The van der Waals surface area contributed by atoms with E-state index in [-0.39, 0.29) is 42.3 Å². The van der Waals surface area contributed by atoms with E-state index in [0.29, 0.717) is 12.6 Å². The van der Waals surface area contributed by atoms with Gasteiger partial charge in [0, 0.05) is 12.0 Å². The van der Waals surface area contributed by atoms with Crippen molar-refractivity contribution in [2.75, 3.05) is 6.61 Å². The van der Waals surface area contributed by atoms with Gasteiger partial charge in [0.25, 0.3) is 0 Å². The largest absolute Gasteiger partial charge is 0.493 e. The quantitative estimate of drug-likeness (QED) is 0.392. The Morgan fingerprint density at radius 1 is 1.27 bits per heavy atom. The minimum atomic E-state index is -2.85. The monoisotopic (exact) mass is 475 g/mol. The summed E-state index contributed by atoms with van der Waals surface area (Å²) >= 11 is 0. The number of halogens is 3. The molecule has 1 heterocycles. The molecule has 0 saturated heterocycles. The van der Waals surface area contributed by atoms with Gasteiger partial charge in [-0.15, -0.1) is 24.0 Å². The number of guanidine groups is 1. The van der Waals surface area contributed by atoms with Gasteiger partial charge in [-0.25, -0.2) is 4.99 Å². The van der Waals surface area contributed by atoms with Crippen LogP contribution in [-0.2, 0) is 6.54 Å². The number of benzene rings is 2. The van der Waals surface area contributed by atoms with E-state index in [4.69, 9.17) is 10.5 Å². The number of alkyl halides is 2. The molecular formula is C18H20F2IN3O2. The molecule has 3 N–H and O–H groups in total. The molecule has 0 amide bonds. The highest BCUT2D eigenvalue weighted by atomic mass is 127. The number of nitrogens with one attached hydrogen (secondary N) is 1. The molecule has 1 aliphatic heterocycles. The number of nitrogens with zero attached hydrogens (tertiary/aromatic N) is 1. The van der Waals surface area contributed by atoms with E-state index in [9.17, 15) is 8.78 Å². The molecule has 3 rings (SSSR count). The molecule has 0 fully saturated rings. The zero-order chi connectivity index (χ0) is 17.6. The van der Waals surface area contributed by atoms with Crippen LogP contribution in [0.15, 0.2) is 53.5 Å². The Balaban J connectivity index is 0.00000243. The second-order valence-corrected chi connectivity index (χ2v) is 5.60. The van der Waals surface area contributed by atoms with Gasteiger partial charge in [0.2, 0.25) is 0 Å². The molecule has 140 valence electrons. The molecule has 1 atom stereocenters. The van der Waals surface area contributed by atoms with Crippen molar-refractivity contribution in [2.24, 2.45) is 10.7 Å². The van der Waals surface area contributed by atoms with Gasteiger partial charge in [-0.2, -0.15) is 8.78 Å². The summed E-state index contributed by atoms with van der Waals surface area (Å²) in [5, 5.41) is 3.19. The van der Waals surface area contributed by atoms with Crippen molar-refractivity contribution in [1.82, 2.24) is 5.32 Å². The fraction of sp³-hybridized carbons (Fsp3) is 0.278. The topological polar surface area (TPSA) is 68.9 Å². The van der Waals surface area contributed by atoms with Crippen LogP contribution in [0.5, 0.6) is 11.5 Å². The van der Waals surface area contributed by atoms with Crippen molar-refractivity contribution in [3.63, 3.8) is 0 Å². The summed E-state index contributed by atoms with van der Waals surface area (Å²) in [5.41, 5.74) is 7.75. The Bertz CT molecular complexity index is 759. The number of rotatable bonds is 5. The lowest BCUT2D eigenvalue weighted by atomic mass is 10.0. The minimum absolute atomic E-state index is 0. The normalized spacial score (nSPS) is 16.3. The summed E-state index contributed by atoms with van der Waals surface area (Å²) in [7, 11) is 0. The first-order chi connectivity index (χ1) is 12.1. The number of aliphatic imine (C=N–C) groups is 1. The highest BCUT2D eigenvalue weighted by Crippen LogP contribution is 2.31. The minimum Gasteiger partial charge on any atom is -0.493 e. The fourth-order valence-corrected chi connectivity index (χ4v) is 2.71. The summed E-state index contributed by atoms with van der Waals surface area (Å²) in [6.45, 7) is -1.97. The molecule has 2 aromatic rings. The Labute approximate surface area is 167 Å². The van der Waals surface area contributed by atoms with Crippen molar-refractivity contribution < 1.29 is 18.3 Å². The number of hydrogen-bond donors (Lipinski definition) is 2. The summed E-state index contributed by atoms with van der Waals surface area (Å²) in [6.07, 6.45) is 0.783. The zero-order valence-corrected chi connectivity index (χ0v) is 16.2. The van der Waals surface area contributed by atoms with Gasteiger partial charge >= 0.3 is 6.61 Å². The van der Waals surface area contributed by atoms with Crippen LogP contribution in [0.25, 0.3) is 0 Å². The van der Waals surface area contributed by atoms with Gasteiger partial charge in [0.1, 0.15) is 11.5 Å². The van der Waals surface area contributed by atoms with E-state index in [2.05, 4.69) is 15.0 Å². The first-order valence-corrected chi connectivity index (χ1v) is 7.94. The first kappa shape index (κ1) is 20.2. The van der Waals surface area contributed by atoms with Crippen molar-refractivity contribution in [1.29, 1.82) is 0 Å². The molecule has 1 aliphatic rings.